The maximum absolute atomic E-state index is 5.89. The molecule has 34 heavy (non-hydrogen) atoms. The van der Waals surface area contributed by atoms with Gasteiger partial charge < -0.3 is 10.5 Å². The molecule has 1 aromatic heterocycles. The van der Waals surface area contributed by atoms with Crippen LogP contribution in [0.5, 0.6) is 0 Å². The Balaban J connectivity index is 1.36. The highest BCUT2D eigenvalue weighted by Crippen LogP contribution is 2.21. The van der Waals surface area contributed by atoms with Gasteiger partial charge in [-0.05, 0) is 60.1 Å². The second-order valence-corrected chi connectivity index (χ2v) is 11.0. The van der Waals surface area contributed by atoms with Crippen LogP contribution in [0.25, 0.3) is 10.9 Å². The highest BCUT2D eigenvalue weighted by Gasteiger charge is 2.07. The molecule has 4 nitrogen and oxygen atoms in total. The van der Waals surface area contributed by atoms with Crippen molar-refractivity contribution in [3.05, 3.63) is 27.5 Å². The highest BCUT2D eigenvalue weighted by molar-refractivity contribution is 14.1. The average Bonchev–Trinajstić information content (AvgIpc) is 2.83. The van der Waals surface area contributed by atoms with Crippen LogP contribution in [-0.2, 0) is 11.2 Å². The molecule has 0 aliphatic carbocycles. The molecule has 0 atom stereocenters. The Morgan fingerprint density at radius 2 is 1.24 bits per heavy atom. The number of unbranched alkanes of at least 4 members (excludes halogenated alkanes) is 15. The number of fused-ring (bicyclic) bond motifs is 1. The molecule has 0 unspecified atom stereocenters. The first-order chi connectivity index (χ1) is 16.7. The Bertz CT molecular complexity index is 783. The van der Waals surface area contributed by atoms with Gasteiger partial charge >= 0.3 is 0 Å². The number of halogens is 1. The van der Waals surface area contributed by atoms with Gasteiger partial charge in [-0.1, -0.05) is 103 Å². The fourth-order valence-electron chi connectivity index (χ4n) is 4.57. The Morgan fingerprint density at radius 3 is 1.82 bits per heavy atom. The summed E-state index contributed by atoms with van der Waals surface area (Å²) in [6, 6.07) is 6.22. The molecule has 0 saturated heterocycles. The van der Waals surface area contributed by atoms with E-state index < -0.39 is 0 Å². The molecule has 0 radical (unpaired) electrons. The second-order valence-electron chi connectivity index (χ2n) is 9.71. The number of rotatable bonds is 21. The number of hydrogen-bond acceptors (Lipinski definition) is 4. The number of anilines is 1. The van der Waals surface area contributed by atoms with E-state index in [0.29, 0.717) is 5.95 Å². The Morgan fingerprint density at radius 1 is 0.706 bits per heavy atom. The lowest BCUT2D eigenvalue weighted by molar-refractivity contribution is 0.127. The number of nitrogens with zero attached hydrogens (tertiary/aromatic N) is 2. The van der Waals surface area contributed by atoms with Gasteiger partial charge in [0.25, 0.3) is 0 Å². The van der Waals surface area contributed by atoms with E-state index in [1.807, 2.05) is 6.07 Å². The first kappa shape index (κ1) is 29.3. The zero-order valence-electron chi connectivity index (χ0n) is 21.6. The van der Waals surface area contributed by atoms with E-state index in [4.69, 9.17) is 10.5 Å². The molecule has 0 aliphatic rings. The Labute approximate surface area is 222 Å². The van der Waals surface area contributed by atoms with Gasteiger partial charge in [-0.2, -0.15) is 0 Å². The maximum Gasteiger partial charge on any atom is 0.220 e. The monoisotopic (exact) mass is 581 g/mol. The lowest BCUT2D eigenvalue weighted by Gasteiger charge is -2.08. The number of aromatic nitrogens is 2. The minimum absolute atomic E-state index is 0.359. The predicted molar refractivity (Wildman–Crippen MR) is 155 cm³/mol. The molecule has 0 fully saturated rings. The van der Waals surface area contributed by atoms with E-state index in [-0.39, 0.29) is 0 Å². The van der Waals surface area contributed by atoms with Crippen molar-refractivity contribution in [1.29, 1.82) is 0 Å². The molecule has 0 saturated carbocycles. The number of hydrogen-bond donors (Lipinski definition) is 1. The van der Waals surface area contributed by atoms with Crippen molar-refractivity contribution in [2.45, 2.75) is 122 Å². The summed E-state index contributed by atoms with van der Waals surface area (Å²) < 4.78 is 7.06. The van der Waals surface area contributed by atoms with E-state index in [0.717, 1.165) is 42.7 Å². The summed E-state index contributed by atoms with van der Waals surface area (Å²) in [4.78, 5) is 8.81. The third-order valence-corrected chi connectivity index (χ3v) is 7.27. The third-order valence-electron chi connectivity index (χ3n) is 6.60. The highest BCUT2D eigenvalue weighted by atomic mass is 127. The predicted octanol–water partition coefficient (Wildman–Crippen LogP) is 9.03. The van der Waals surface area contributed by atoms with Crippen LogP contribution in [0.2, 0.25) is 0 Å². The second kappa shape index (κ2) is 19.3. The van der Waals surface area contributed by atoms with Crippen molar-refractivity contribution in [1.82, 2.24) is 9.97 Å². The molecule has 2 N–H and O–H groups in total. The molecule has 2 rings (SSSR count). The minimum atomic E-state index is 0.359. The van der Waals surface area contributed by atoms with Crippen LogP contribution in [0.1, 0.15) is 122 Å². The summed E-state index contributed by atoms with van der Waals surface area (Å²) in [5.41, 5.74) is 7.85. The van der Waals surface area contributed by atoms with Gasteiger partial charge in [0.1, 0.15) is 0 Å². The van der Waals surface area contributed by atoms with Crippen LogP contribution in [0.3, 0.4) is 0 Å². The molecule has 0 bridgehead atoms. The third kappa shape index (κ3) is 13.2. The van der Waals surface area contributed by atoms with Crippen molar-refractivity contribution in [2.24, 2.45) is 0 Å². The summed E-state index contributed by atoms with van der Waals surface area (Å²) in [7, 11) is 0. The van der Waals surface area contributed by atoms with Gasteiger partial charge in [-0.15, -0.1) is 0 Å². The van der Waals surface area contributed by atoms with E-state index in [1.54, 1.807) is 0 Å². The standard InChI is InChI=1S/C29H48IN3O/c1-2-3-4-5-6-7-8-9-10-11-12-13-14-15-16-17-22-34-23-18-19-27-26-24-25(30)20-21-28(26)33-29(31)32-27/h20-21,24H,2-19,22-23H2,1H3,(H2,31,32,33). The van der Waals surface area contributed by atoms with Crippen molar-refractivity contribution in [3.8, 4) is 0 Å². The SMILES string of the molecule is CCCCCCCCCCCCCCCCCCOCCCc1nc(N)nc2ccc(I)cc12. The topological polar surface area (TPSA) is 61.0 Å². The zero-order valence-corrected chi connectivity index (χ0v) is 23.8. The maximum atomic E-state index is 5.89. The van der Waals surface area contributed by atoms with Gasteiger partial charge in [-0.25, -0.2) is 9.97 Å². The van der Waals surface area contributed by atoms with E-state index in [1.165, 1.54) is 106 Å². The Hall–Kier alpha value is -0.950. The summed E-state index contributed by atoms with van der Waals surface area (Å²) in [5, 5.41) is 1.11. The van der Waals surface area contributed by atoms with E-state index >= 15 is 0 Å². The van der Waals surface area contributed by atoms with E-state index in [2.05, 4.69) is 51.6 Å². The molecular weight excluding hydrogens is 533 g/mol. The summed E-state index contributed by atoms with van der Waals surface area (Å²) in [6.07, 6.45) is 24.3. The lowest BCUT2D eigenvalue weighted by atomic mass is 10.0. The molecule has 0 spiro atoms. The Kier molecular flexibility index (Phi) is 16.6. The van der Waals surface area contributed by atoms with Gasteiger partial charge in [0.2, 0.25) is 5.95 Å². The van der Waals surface area contributed by atoms with Crippen molar-refractivity contribution in [3.63, 3.8) is 0 Å². The van der Waals surface area contributed by atoms with Gasteiger partial charge in [-0.3, -0.25) is 0 Å². The molecule has 0 amide bonds. The first-order valence-electron chi connectivity index (χ1n) is 14.0. The molecule has 1 aromatic carbocycles. The van der Waals surface area contributed by atoms with Crippen LogP contribution >= 0.6 is 22.6 Å². The minimum Gasteiger partial charge on any atom is -0.381 e. The molecule has 1 heterocycles. The van der Waals surface area contributed by atoms with Gasteiger partial charge in [0.05, 0.1) is 11.2 Å². The van der Waals surface area contributed by atoms with Crippen LogP contribution < -0.4 is 5.73 Å². The fourth-order valence-corrected chi connectivity index (χ4v) is 5.06. The number of benzene rings is 1. The first-order valence-corrected chi connectivity index (χ1v) is 15.1. The summed E-state index contributed by atoms with van der Waals surface area (Å²) in [6.45, 7) is 3.95. The van der Waals surface area contributed by atoms with E-state index in [9.17, 15) is 0 Å². The average molecular weight is 582 g/mol. The summed E-state index contributed by atoms with van der Waals surface area (Å²) >= 11 is 2.33. The zero-order chi connectivity index (χ0) is 24.3. The summed E-state index contributed by atoms with van der Waals surface area (Å²) in [5.74, 6) is 0.359. The van der Waals surface area contributed by atoms with Crippen LogP contribution in [0.15, 0.2) is 18.2 Å². The lowest BCUT2D eigenvalue weighted by Crippen LogP contribution is -2.04. The quantitative estimate of drug-likeness (QED) is 0.118. The largest absolute Gasteiger partial charge is 0.381 e. The van der Waals surface area contributed by atoms with Crippen molar-refractivity contribution in [2.75, 3.05) is 18.9 Å². The van der Waals surface area contributed by atoms with Crippen LogP contribution in [0.4, 0.5) is 5.95 Å². The normalized spacial score (nSPS) is 11.5. The van der Waals surface area contributed by atoms with Gasteiger partial charge in [0.15, 0.2) is 0 Å². The number of nitrogen functional groups attached to an aromatic ring is 1. The van der Waals surface area contributed by atoms with Crippen molar-refractivity contribution < 1.29 is 4.74 Å². The molecular formula is C29H48IN3O. The van der Waals surface area contributed by atoms with Crippen LogP contribution in [0, 0.1) is 3.57 Å². The molecule has 0 aliphatic heterocycles. The smallest absolute Gasteiger partial charge is 0.220 e. The van der Waals surface area contributed by atoms with Crippen molar-refractivity contribution >= 4 is 39.4 Å². The van der Waals surface area contributed by atoms with Crippen LogP contribution in [-0.4, -0.2) is 23.2 Å². The fraction of sp³-hybridized carbons (Fsp3) is 0.724. The molecule has 2 aromatic rings. The number of ether oxygens (including phenoxy) is 1. The number of nitrogens with two attached hydrogens (primary N) is 1. The number of aryl methyl sites for hydroxylation is 1. The van der Waals surface area contributed by atoms with Gasteiger partial charge in [0, 0.05) is 22.2 Å². The molecule has 192 valence electrons. The molecule has 5 heteroatoms.